The lowest BCUT2D eigenvalue weighted by Gasteiger charge is -2.42. The van der Waals surface area contributed by atoms with E-state index in [0.29, 0.717) is 5.28 Å². The van der Waals surface area contributed by atoms with Crippen LogP contribution in [0.25, 0.3) is 10.2 Å². The average Bonchev–Trinajstić information content (AvgIpc) is 3.03. The largest absolute Gasteiger partial charge is 0.378 e. The molecule has 0 spiro atoms. The maximum absolute atomic E-state index is 6.21. The van der Waals surface area contributed by atoms with Gasteiger partial charge in [-0.15, -0.1) is 11.3 Å². The quantitative estimate of drug-likeness (QED) is 0.726. The second-order valence-electron chi connectivity index (χ2n) is 8.28. The van der Waals surface area contributed by atoms with E-state index in [9.17, 15) is 0 Å². The van der Waals surface area contributed by atoms with Gasteiger partial charge >= 0.3 is 0 Å². The summed E-state index contributed by atoms with van der Waals surface area (Å²) in [6.45, 7) is 15.5. The molecule has 2 aromatic heterocycles. The van der Waals surface area contributed by atoms with Gasteiger partial charge in [0.05, 0.1) is 23.4 Å². The number of thiophene rings is 1. The van der Waals surface area contributed by atoms with Crippen LogP contribution in [0.4, 0.5) is 5.82 Å². The highest BCUT2D eigenvalue weighted by atomic mass is 35.5. The SMILES string of the molecule is CC(C)(C)N1CCN(Cc2cc3nc(Cl)nc(N4CCOCC4)c3s2)CC1. The van der Waals surface area contributed by atoms with E-state index < -0.39 is 0 Å². The number of piperazine rings is 1. The zero-order valence-corrected chi connectivity index (χ0v) is 17.9. The maximum Gasteiger partial charge on any atom is 0.224 e. The monoisotopic (exact) mass is 409 g/mol. The summed E-state index contributed by atoms with van der Waals surface area (Å²) in [6, 6.07) is 2.19. The number of rotatable bonds is 3. The number of anilines is 1. The van der Waals surface area contributed by atoms with E-state index in [-0.39, 0.29) is 5.54 Å². The first-order valence-electron chi connectivity index (χ1n) is 9.66. The Kier molecular flexibility index (Phi) is 5.58. The van der Waals surface area contributed by atoms with Crippen molar-refractivity contribution in [1.29, 1.82) is 0 Å². The molecule has 0 N–H and O–H groups in total. The number of ether oxygens (including phenoxy) is 1. The van der Waals surface area contributed by atoms with E-state index >= 15 is 0 Å². The van der Waals surface area contributed by atoms with Crippen molar-refractivity contribution in [3.63, 3.8) is 0 Å². The van der Waals surface area contributed by atoms with Gasteiger partial charge in [-0.2, -0.15) is 4.98 Å². The van der Waals surface area contributed by atoms with E-state index in [0.717, 1.165) is 75.1 Å². The Bertz CT molecular complexity index is 791. The first kappa shape index (κ1) is 19.3. The highest BCUT2D eigenvalue weighted by Crippen LogP contribution is 2.34. The van der Waals surface area contributed by atoms with Crippen molar-refractivity contribution >= 4 is 39.0 Å². The van der Waals surface area contributed by atoms with Crippen LogP contribution in [-0.2, 0) is 11.3 Å². The lowest BCUT2D eigenvalue weighted by atomic mass is 10.1. The number of hydrogen-bond acceptors (Lipinski definition) is 7. The van der Waals surface area contributed by atoms with E-state index in [1.165, 1.54) is 4.88 Å². The molecular weight excluding hydrogens is 382 g/mol. The van der Waals surface area contributed by atoms with Gasteiger partial charge in [0.25, 0.3) is 0 Å². The number of morpholine rings is 1. The van der Waals surface area contributed by atoms with Gasteiger partial charge in [0, 0.05) is 56.2 Å². The molecule has 2 aliphatic rings. The normalized spacial score (nSPS) is 20.5. The molecule has 2 aliphatic heterocycles. The second kappa shape index (κ2) is 7.79. The summed E-state index contributed by atoms with van der Waals surface area (Å²) < 4.78 is 6.62. The zero-order valence-electron chi connectivity index (χ0n) is 16.4. The Morgan fingerprint density at radius 2 is 1.78 bits per heavy atom. The topological polar surface area (TPSA) is 44.7 Å². The first-order chi connectivity index (χ1) is 12.9. The van der Waals surface area contributed by atoms with Crippen molar-refractivity contribution < 1.29 is 4.74 Å². The molecule has 2 aromatic rings. The maximum atomic E-state index is 6.21. The lowest BCUT2D eigenvalue weighted by Crippen LogP contribution is -2.53. The number of halogens is 1. The molecule has 148 valence electrons. The Balaban J connectivity index is 1.50. The fourth-order valence-corrected chi connectivity index (χ4v) is 5.13. The zero-order chi connectivity index (χ0) is 19.0. The molecule has 2 fully saturated rings. The van der Waals surface area contributed by atoms with Crippen LogP contribution in [0, 0.1) is 0 Å². The first-order valence-corrected chi connectivity index (χ1v) is 10.9. The summed E-state index contributed by atoms with van der Waals surface area (Å²) in [6.07, 6.45) is 0. The van der Waals surface area contributed by atoms with Crippen molar-refractivity contribution in [3.05, 3.63) is 16.2 Å². The van der Waals surface area contributed by atoms with Crippen LogP contribution in [0.15, 0.2) is 6.07 Å². The third-order valence-electron chi connectivity index (χ3n) is 5.39. The Morgan fingerprint density at radius 3 is 2.44 bits per heavy atom. The summed E-state index contributed by atoms with van der Waals surface area (Å²) in [5.41, 5.74) is 1.22. The number of fused-ring (bicyclic) bond motifs is 1. The minimum atomic E-state index is 0.253. The van der Waals surface area contributed by atoms with Crippen molar-refractivity contribution in [2.24, 2.45) is 0 Å². The molecule has 2 saturated heterocycles. The van der Waals surface area contributed by atoms with Crippen molar-refractivity contribution in [2.45, 2.75) is 32.9 Å². The predicted molar refractivity (Wildman–Crippen MR) is 112 cm³/mol. The fraction of sp³-hybridized carbons (Fsp3) is 0.684. The van der Waals surface area contributed by atoms with Gasteiger partial charge in [0.2, 0.25) is 5.28 Å². The van der Waals surface area contributed by atoms with Crippen LogP contribution in [0.2, 0.25) is 5.28 Å². The van der Waals surface area contributed by atoms with Crippen LogP contribution >= 0.6 is 22.9 Å². The Hall–Kier alpha value is -0.990. The molecule has 4 rings (SSSR count). The van der Waals surface area contributed by atoms with Crippen LogP contribution in [-0.4, -0.2) is 77.8 Å². The molecule has 27 heavy (non-hydrogen) atoms. The van der Waals surface area contributed by atoms with Gasteiger partial charge in [-0.1, -0.05) is 0 Å². The lowest BCUT2D eigenvalue weighted by molar-refractivity contribution is 0.0595. The number of nitrogens with zero attached hydrogens (tertiary/aromatic N) is 5. The number of hydrogen-bond donors (Lipinski definition) is 0. The Labute approximate surface area is 170 Å². The molecule has 0 saturated carbocycles. The highest BCUT2D eigenvalue weighted by molar-refractivity contribution is 7.19. The van der Waals surface area contributed by atoms with Gasteiger partial charge in [-0.05, 0) is 38.4 Å². The molecule has 0 aromatic carbocycles. The third kappa shape index (κ3) is 4.38. The molecule has 0 amide bonds. The molecule has 0 unspecified atom stereocenters. The van der Waals surface area contributed by atoms with Crippen molar-refractivity contribution in [3.8, 4) is 0 Å². The molecule has 0 bridgehead atoms. The van der Waals surface area contributed by atoms with Crippen molar-refractivity contribution in [2.75, 3.05) is 57.4 Å². The van der Waals surface area contributed by atoms with E-state index in [4.69, 9.17) is 16.3 Å². The highest BCUT2D eigenvalue weighted by Gasteiger charge is 2.26. The standard InChI is InChI=1S/C19H28ClN5OS/c1-19(2,3)25-6-4-23(5-7-25)13-14-12-15-16(27-14)17(22-18(20)21-15)24-8-10-26-11-9-24/h12H,4-11,13H2,1-3H3. The van der Waals surface area contributed by atoms with Crippen LogP contribution in [0.1, 0.15) is 25.6 Å². The van der Waals surface area contributed by atoms with E-state index in [2.05, 4.69) is 51.5 Å². The van der Waals surface area contributed by atoms with Gasteiger partial charge in [0.15, 0.2) is 5.82 Å². The minimum Gasteiger partial charge on any atom is -0.378 e. The van der Waals surface area contributed by atoms with Gasteiger partial charge in [-0.25, -0.2) is 4.98 Å². The van der Waals surface area contributed by atoms with Gasteiger partial charge in [0.1, 0.15) is 0 Å². The summed E-state index contributed by atoms with van der Waals surface area (Å²) in [7, 11) is 0. The predicted octanol–water partition coefficient (Wildman–Crippen LogP) is 3.10. The van der Waals surface area contributed by atoms with E-state index in [1.807, 2.05) is 0 Å². The van der Waals surface area contributed by atoms with Gasteiger partial charge in [-0.3, -0.25) is 9.80 Å². The molecular formula is C19H28ClN5OS. The summed E-state index contributed by atoms with van der Waals surface area (Å²) in [5, 5.41) is 0.326. The molecule has 6 nitrogen and oxygen atoms in total. The number of aromatic nitrogens is 2. The Morgan fingerprint density at radius 1 is 1.07 bits per heavy atom. The van der Waals surface area contributed by atoms with Crippen LogP contribution in [0.3, 0.4) is 0 Å². The minimum absolute atomic E-state index is 0.253. The summed E-state index contributed by atoms with van der Waals surface area (Å²) in [4.78, 5) is 17.7. The van der Waals surface area contributed by atoms with Crippen LogP contribution in [0.5, 0.6) is 0 Å². The fourth-order valence-electron chi connectivity index (χ4n) is 3.80. The molecule has 4 heterocycles. The van der Waals surface area contributed by atoms with Gasteiger partial charge < -0.3 is 9.64 Å². The summed E-state index contributed by atoms with van der Waals surface area (Å²) >= 11 is 8.02. The smallest absolute Gasteiger partial charge is 0.224 e. The van der Waals surface area contributed by atoms with Crippen molar-refractivity contribution in [1.82, 2.24) is 19.8 Å². The second-order valence-corrected chi connectivity index (χ2v) is 9.75. The molecule has 0 atom stereocenters. The summed E-state index contributed by atoms with van der Waals surface area (Å²) in [5.74, 6) is 0.960. The van der Waals surface area contributed by atoms with E-state index in [1.54, 1.807) is 11.3 Å². The average molecular weight is 410 g/mol. The molecule has 0 radical (unpaired) electrons. The third-order valence-corrected chi connectivity index (χ3v) is 6.66. The molecule has 8 heteroatoms. The van der Waals surface area contributed by atoms with Crippen LogP contribution < -0.4 is 4.90 Å². The molecule has 0 aliphatic carbocycles.